The molecule has 0 aliphatic rings. The van der Waals surface area contributed by atoms with Crippen molar-refractivity contribution in [3.63, 3.8) is 0 Å². The summed E-state index contributed by atoms with van der Waals surface area (Å²) in [6, 6.07) is 0. The van der Waals surface area contributed by atoms with Gasteiger partial charge < -0.3 is 5.11 Å². The highest BCUT2D eigenvalue weighted by Crippen LogP contribution is 2.14. The van der Waals surface area contributed by atoms with Gasteiger partial charge in [0.05, 0.1) is 6.10 Å². The lowest BCUT2D eigenvalue weighted by Crippen LogP contribution is -2.16. The third-order valence-corrected chi connectivity index (χ3v) is 2.25. The lowest BCUT2D eigenvalue weighted by atomic mass is 9.97. The van der Waals surface area contributed by atoms with Crippen molar-refractivity contribution in [1.82, 2.24) is 0 Å². The van der Waals surface area contributed by atoms with Crippen LogP contribution in [0.2, 0.25) is 0 Å². The zero-order valence-electron chi connectivity index (χ0n) is 9.04. The Hall–Kier alpha value is -0.820. The van der Waals surface area contributed by atoms with Gasteiger partial charge in [0, 0.05) is 5.92 Å². The summed E-state index contributed by atoms with van der Waals surface area (Å²) in [6.45, 7) is 11.6. The van der Waals surface area contributed by atoms with Crippen LogP contribution in [-0.4, -0.2) is 11.2 Å². The molecule has 1 heteroatoms. The molecule has 0 bridgehead atoms. The van der Waals surface area contributed by atoms with Gasteiger partial charge in [-0.15, -0.1) is 6.58 Å². The lowest BCUT2D eigenvalue weighted by molar-refractivity contribution is 0.173. The molecule has 0 amide bonds. The maximum atomic E-state index is 9.76. The van der Waals surface area contributed by atoms with E-state index in [0.717, 1.165) is 5.57 Å². The second-order valence-electron chi connectivity index (χ2n) is 3.46. The van der Waals surface area contributed by atoms with Crippen LogP contribution in [0.15, 0.2) is 36.0 Å². The molecule has 0 aromatic rings. The SMILES string of the molecule is C=C[C@H](C)[C@H](O)/C(C)=C/C(C)=C/C. The molecule has 0 heterocycles. The lowest BCUT2D eigenvalue weighted by Gasteiger charge is -2.15. The van der Waals surface area contributed by atoms with Crippen LogP contribution in [0.4, 0.5) is 0 Å². The van der Waals surface area contributed by atoms with Crippen molar-refractivity contribution in [1.29, 1.82) is 0 Å². The summed E-state index contributed by atoms with van der Waals surface area (Å²) in [7, 11) is 0. The van der Waals surface area contributed by atoms with Gasteiger partial charge in [0.25, 0.3) is 0 Å². The minimum absolute atomic E-state index is 0.112. The van der Waals surface area contributed by atoms with Crippen molar-refractivity contribution in [2.24, 2.45) is 5.92 Å². The fourth-order valence-electron chi connectivity index (χ4n) is 1.07. The van der Waals surface area contributed by atoms with Crippen LogP contribution >= 0.6 is 0 Å². The molecule has 1 nitrogen and oxygen atoms in total. The number of aliphatic hydroxyl groups is 1. The zero-order chi connectivity index (χ0) is 10.4. The van der Waals surface area contributed by atoms with Crippen molar-refractivity contribution >= 4 is 0 Å². The first-order valence-electron chi connectivity index (χ1n) is 4.64. The van der Waals surface area contributed by atoms with E-state index in [1.807, 2.05) is 39.8 Å². The monoisotopic (exact) mass is 180 g/mol. The van der Waals surface area contributed by atoms with Crippen molar-refractivity contribution in [3.8, 4) is 0 Å². The molecule has 0 saturated carbocycles. The molecule has 2 atom stereocenters. The second kappa shape index (κ2) is 5.76. The highest BCUT2D eigenvalue weighted by Gasteiger charge is 2.11. The fourth-order valence-corrected chi connectivity index (χ4v) is 1.07. The third-order valence-electron chi connectivity index (χ3n) is 2.25. The van der Waals surface area contributed by atoms with Crippen LogP contribution in [0.3, 0.4) is 0 Å². The predicted octanol–water partition coefficient (Wildman–Crippen LogP) is 3.08. The molecule has 0 spiro atoms. The Bertz CT molecular complexity index is 223. The molecule has 74 valence electrons. The van der Waals surface area contributed by atoms with Gasteiger partial charge in [-0.3, -0.25) is 0 Å². The summed E-state index contributed by atoms with van der Waals surface area (Å²) in [4.78, 5) is 0. The Morgan fingerprint density at radius 3 is 2.31 bits per heavy atom. The van der Waals surface area contributed by atoms with Crippen molar-refractivity contribution in [2.75, 3.05) is 0 Å². The van der Waals surface area contributed by atoms with Gasteiger partial charge in [0.15, 0.2) is 0 Å². The number of rotatable bonds is 4. The molecule has 0 unspecified atom stereocenters. The molecule has 0 aromatic heterocycles. The van der Waals surface area contributed by atoms with E-state index in [9.17, 15) is 5.11 Å². The smallest absolute Gasteiger partial charge is 0.0810 e. The van der Waals surface area contributed by atoms with E-state index in [1.165, 1.54) is 5.57 Å². The average molecular weight is 180 g/mol. The van der Waals surface area contributed by atoms with Gasteiger partial charge in [0.1, 0.15) is 0 Å². The standard InChI is InChI=1S/C12H20O/c1-6-9(3)8-11(5)12(13)10(4)7-2/h6-8,10,12-13H,2H2,1,3-5H3/b9-6+,11-8+/t10-,12-/m0/s1. The Morgan fingerprint density at radius 1 is 1.38 bits per heavy atom. The number of hydrogen-bond acceptors (Lipinski definition) is 1. The number of allylic oxidation sites excluding steroid dienone is 3. The van der Waals surface area contributed by atoms with E-state index < -0.39 is 6.10 Å². The van der Waals surface area contributed by atoms with E-state index >= 15 is 0 Å². The van der Waals surface area contributed by atoms with Crippen molar-refractivity contribution in [3.05, 3.63) is 36.0 Å². The average Bonchev–Trinajstić information content (AvgIpc) is 2.14. The second-order valence-corrected chi connectivity index (χ2v) is 3.46. The third kappa shape index (κ3) is 4.09. The molecular formula is C12H20O. The molecular weight excluding hydrogens is 160 g/mol. The van der Waals surface area contributed by atoms with Crippen LogP contribution in [-0.2, 0) is 0 Å². The Labute approximate surface area is 81.5 Å². The predicted molar refractivity (Wildman–Crippen MR) is 58.6 cm³/mol. The van der Waals surface area contributed by atoms with E-state index in [0.29, 0.717) is 0 Å². The normalized spacial score (nSPS) is 18.2. The largest absolute Gasteiger partial charge is 0.388 e. The van der Waals surface area contributed by atoms with Crippen LogP contribution < -0.4 is 0 Å². The Kier molecular flexibility index (Phi) is 5.40. The molecule has 0 aliphatic carbocycles. The maximum absolute atomic E-state index is 9.76. The molecule has 0 rings (SSSR count). The molecule has 0 fully saturated rings. The topological polar surface area (TPSA) is 20.2 Å². The number of hydrogen-bond donors (Lipinski definition) is 1. The van der Waals surface area contributed by atoms with Gasteiger partial charge >= 0.3 is 0 Å². The highest BCUT2D eigenvalue weighted by molar-refractivity contribution is 5.23. The molecule has 13 heavy (non-hydrogen) atoms. The van der Waals surface area contributed by atoms with Gasteiger partial charge in [-0.1, -0.05) is 30.7 Å². The van der Waals surface area contributed by atoms with Gasteiger partial charge in [0.2, 0.25) is 0 Å². The minimum atomic E-state index is -0.410. The first kappa shape index (κ1) is 12.2. The van der Waals surface area contributed by atoms with Crippen LogP contribution in [0.25, 0.3) is 0 Å². The Morgan fingerprint density at radius 2 is 1.92 bits per heavy atom. The van der Waals surface area contributed by atoms with Crippen LogP contribution in [0, 0.1) is 5.92 Å². The van der Waals surface area contributed by atoms with E-state index in [1.54, 1.807) is 6.08 Å². The summed E-state index contributed by atoms with van der Waals surface area (Å²) >= 11 is 0. The molecule has 0 aromatic carbocycles. The minimum Gasteiger partial charge on any atom is -0.388 e. The van der Waals surface area contributed by atoms with Crippen LogP contribution in [0.5, 0.6) is 0 Å². The van der Waals surface area contributed by atoms with Gasteiger partial charge in [-0.05, 0) is 26.3 Å². The van der Waals surface area contributed by atoms with Crippen molar-refractivity contribution < 1.29 is 5.11 Å². The Balaban J connectivity index is 4.49. The van der Waals surface area contributed by atoms with Gasteiger partial charge in [-0.2, -0.15) is 0 Å². The summed E-state index contributed by atoms with van der Waals surface area (Å²) in [5.74, 6) is 0.112. The summed E-state index contributed by atoms with van der Waals surface area (Å²) in [5, 5.41) is 9.76. The summed E-state index contributed by atoms with van der Waals surface area (Å²) in [6.07, 6.45) is 5.39. The summed E-state index contributed by atoms with van der Waals surface area (Å²) in [5.41, 5.74) is 2.16. The molecule has 0 saturated heterocycles. The fraction of sp³-hybridized carbons (Fsp3) is 0.500. The highest BCUT2D eigenvalue weighted by atomic mass is 16.3. The molecule has 0 aliphatic heterocycles. The van der Waals surface area contributed by atoms with Crippen molar-refractivity contribution in [2.45, 2.75) is 33.8 Å². The van der Waals surface area contributed by atoms with Gasteiger partial charge in [-0.25, -0.2) is 0 Å². The number of aliphatic hydroxyl groups excluding tert-OH is 1. The van der Waals surface area contributed by atoms with E-state index in [2.05, 4.69) is 6.58 Å². The maximum Gasteiger partial charge on any atom is 0.0810 e. The van der Waals surface area contributed by atoms with E-state index in [-0.39, 0.29) is 5.92 Å². The molecule has 0 radical (unpaired) electrons. The summed E-state index contributed by atoms with van der Waals surface area (Å²) < 4.78 is 0. The first-order valence-corrected chi connectivity index (χ1v) is 4.64. The first-order chi connectivity index (χ1) is 6.02. The van der Waals surface area contributed by atoms with E-state index in [4.69, 9.17) is 0 Å². The van der Waals surface area contributed by atoms with Crippen LogP contribution in [0.1, 0.15) is 27.7 Å². The zero-order valence-corrected chi connectivity index (χ0v) is 9.04. The quantitative estimate of drug-likeness (QED) is 0.520. The molecule has 1 N–H and O–H groups in total.